The van der Waals surface area contributed by atoms with E-state index < -0.39 is 0 Å². The van der Waals surface area contributed by atoms with E-state index in [1.807, 2.05) is 25.1 Å². The zero-order valence-electron chi connectivity index (χ0n) is 16.1. The van der Waals surface area contributed by atoms with Gasteiger partial charge in [-0.15, -0.1) is 0 Å². The number of carbonyl (C=O) groups excluding carboxylic acids is 2. The molecule has 1 N–H and O–H groups in total. The monoisotopic (exact) mass is 386 g/mol. The van der Waals surface area contributed by atoms with Gasteiger partial charge in [-0.05, 0) is 37.5 Å². The predicted octanol–water partition coefficient (Wildman–Crippen LogP) is 2.87. The van der Waals surface area contributed by atoms with E-state index in [0.717, 1.165) is 6.42 Å². The number of amides is 2. The molecular formula is C21H26N2O5. The number of benzene rings is 1. The van der Waals surface area contributed by atoms with Crippen molar-refractivity contribution in [3.8, 4) is 11.5 Å². The summed E-state index contributed by atoms with van der Waals surface area (Å²) in [4.78, 5) is 26.3. The summed E-state index contributed by atoms with van der Waals surface area (Å²) in [5.74, 6) is 0.991. The molecule has 1 aliphatic heterocycles. The zero-order chi connectivity index (χ0) is 19.8. The van der Waals surface area contributed by atoms with E-state index in [9.17, 15) is 9.59 Å². The van der Waals surface area contributed by atoms with Gasteiger partial charge in [0, 0.05) is 19.1 Å². The highest BCUT2D eigenvalue weighted by Gasteiger charge is 2.25. The smallest absolute Gasteiger partial charge is 0.258 e. The Labute approximate surface area is 164 Å². The van der Waals surface area contributed by atoms with Crippen LogP contribution in [0.4, 0.5) is 0 Å². The largest absolute Gasteiger partial charge is 0.490 e. The minimum absolute atomic E-state index is 0.0365. The molecule has 1 aromatic heterocycles. The van der Waals surface area contributed by atoms with Crippen molar-refractivity contribution in [2.45, 2.75) is 32.2 Å². The van der Waals surface area contributed by atoms with Crippen molar-refractivity contribution in [3.63, 3.8) is 0 Å². The number of rotatable bonds is 8. The van der Waals surface area contributed by atoms with E-state index >= 15 is 0 Å². The molecule has 2 amide bonds. The van der Waals surface area contributed by atoms with Crippen LogP contribution in [-0.4, -0.2) is 49.1 Å². The number of nitrogens with zero attached hydrogens (tertiary/aromatic N) is 1. The molecule has 0 atom stereocenters. The van der Waals surface area contributed by atoms with Gasteiger partial charge in [-0.25, -0.2) is 0 Å². The molecule has 28 heavy (non-hydrogen) atoms. The maximum atomic E-state index is 12.3. The molecule has 1 fully saturated rings. The van der Waals surface area contributed by atoms with Gasteiger partial charge in [0.25, 0.3) is 11.8 Å². The zero-order valence-corrected chi connectivity index (χ0v) is 16.1. The predicted molar refractivity (Wildman–Crippen MR) is 103 cm³/mol. The fraction of sp³-hybridized carbons (Fsp3) is 0.429. The second-order valence-electron chi connectivity index (χ2n) is 6.73. The Morgan fingerprint density at radius 3 is 2.50 bits per heavy atom. The van der Waals surface area contributed by atoms with Gasteiger partial charge in [0.15, 0.2) is 18.1 Å². The van der Waals surface area contributed by atoms with Gasteiger partial charge in [-0.1, -0.05) is 19.1 Å². The van der Waals surface area contributed by atoms with E-state index in [-0.39, 0.29) is 24.5 Å². The van der Waals surface area contributed by atoms with Gasteiger partial charge >= 0.3 is 0 Å². The number of ether oxygens (including phenoxy) is 2. The van der Waals surface area contributed by atoms with Crippen LogP contribution in [0.2, 0.25) is 0 Å². The van der Waals surface area contributed by atoms with Gasteiger partial charge in [-0.2, -0.15) is 0 Å². The summed E-state index contributed by atoms with van der Waals surface area (Å²) in [5.41, 5.74) is 0.555. The summed E-state index contributed by atoms with van der Waals surface area (Å²) in [7, 11) is 0. The summed E-state index contributed by atoms with van der Waals surface area (Å²) in [5, 5.41) is 2.98. The number of piperidine rings is 1. The van der Waals surface area contributed by atoms with Crippen molar-refractivity contribution in [2.24, 2.45) is 0 Å². The molecule has 1 aromatic carbocycles. The highest BCUT2D eigenvalue weighted by atomic mass is 16.5. The fourth-order valence-electron chi connectivity index (χ4n) is 3.11. The molecule has 0 spiro atoms. The molecule has 3 rings (SSSR count). The number of furan rings is 1. The van der Waals surface area contributed by atoms with Crippen molar-refractivity contribution >= 4 is 11.8 Å². The van der Waals surface area contributed by atoms with Crippen LogP contribution in [0.1, 0.15) is 36.5 Å². The lowest BCUT2D eigenvalue weighted by Crippen LogP contribution is -2.47. The van der Waals surface area contributed by atoms with Crippen LogP contribution >= 0.6 is 0 Å². The first-order valence-electron chi connectivity index (χ1n) is 9.63. The third-order valence-electron chi connectivity index (χ3n) is 4.59. The van der Waals surface area contributed by atoms with Crippen molar-refractivity contribution in [2.75, 3.05) is 26.3 Å². The van der Waals surface area contributed by atoms with Crippen LogP contribution in [0.5, 0.6) is 11.5 Å². The van der Waals surface area contributed by atoms with E-state index in [2.05, 4.69) is 5.32 Å². The lowest BCUT2D eigenvalue weighted by Gasteiger charge is -2.32. The van der Waals surface area contributed by atoms with Gasteiger partial charge in [-0.3, -0.25) is 9.59 Å². The Morgan fingerprint density at radius 2 is 1.86 bits per heavy atom. The number of nitrogens with one attached hydrogen (secondary N) is 1. The SMILES string of the molecule is CCCOc1ccccc1OCC(=O)NC1CCN(C(=O)c2ccoc2)CC1. The molecule has 2 heterocycles. The van der Waals surface area contributed by atoms with Crippen LogP contribution in [-0.2, 0) is 4.79 Å². The van der Waals surface area contributed by atoms with Gasteiger partial charge in [0.1, 0.15) is 6.26 Å². The first-order chi connectivity index (χ1) is 13.7. The Balaban J connectivity index is 1.42. The normalized spacial score (nSPS) is 14.5. The van der Waals surface area contributed by atoms with Crippen LogP contribution < -0.4 is 14.8 Å². The van der Waals surface area contributed by atoms with Crippen molar-refractivity contribution in [1.82, 2.24) is 10.2 Å². The molecule has 1 aliphatic rings. The summed E-state index contributed by atoms with van der Waals surface area (Å²) >= 11 is 0. The van der Waals surface area contributed by atoms with Crippen LogP contribution in [0.3, 0.4) is 0 Å². The van der Waals surface area contributed by atoms with Crippen LogP contribution in [0, 0.1) is 0 Å². The quantitative estimate of drug-likeness (QED) is 0.755. The lowest BCUT2D eigenvalue weighted by molar-refractivity contribution is -0.124. The second-order valence-corrected chi connectivity index (χ2v) is 6.73. The van der Waals surface area contributed by atoms with Gasteiger partial charge in [0.2, 0.25) is 0 Å². The highest BCUT2D eigenvalue weighted by molar-refractivity contribution is 5.93. The van der Waals surface area contributed by atoms with Crippen molar-refractivity contribution in [1.29, 1.82) is 0 Å². The number of hydrogen-bond donors (Lipinski definition) is 1. The van der Waals surface area contributed by atoms with Crippen LogP contribution in [0.15, 0.2) is 47.3 Å². The summed E-state index contributed by atoms with van der Waals surface area (Å²) in [6.07, 6.45) is 5.27. The van der Waals surface area contributed by atoms with E-state index in [1.54, 1.807) is 17.0 Å². The van der Waals surface area contributed by atoms with Crippen molar-refractivity contribution < 1.29 is 23.5 Å². The average molecular weight is 386 g/mol. The molecule has 0 bridgehead atoms. The number of likely N-dealkylation sites (tertiary alicyclic amines) is 1. The highest BCUT2D eigenvalue weighted by Crippen LogP contribution is 2.26. The molecule has 0 aliphatic carbocycles. The Morgan fingerprint density at radius 1 is 1.14 bits per heavy atom. The maximum absolute atomic E-state index is 12.3. The summed E-state index contributed by atoms with van der Waals surface area (Å²) in [6, 6.07) is 9.04. The molecule has 1 saturated heterocycles. The lowest BCUT2D eigenvalue weighted by atomic mass is 10.0. The van der Waals surface area contributed by atoms with Crippen LogP contribution in [0.25, 0.3) is 0 Å². The maximum Gasteiger partial charge on any atom is 0.258 e. The number of hydrogen-bond acceptors (Lipinski definition) is 5. The Kier molecular flexibility index (Phi) is 6.94. The van der Waals surface area contributed by atoms with Crippen molar-refractivity contribution in [3.05, 3.63) is 48.4 Å². The first kappa shape index (κ1) is 19.8. The second kappa shape index (κ2) is 9.82. The third kappa shape index (κ3) is 5.28. The average Bonchev–Trinajstić information content (AvgIpc) is 3.26. The number of para-hydroxylation sites is 2. The molecule has 0 unspecified atom stereocenters. The van der Waals surface area contributed by atoms with E-state index in [0.29, 0.717) is 49.6 Å². The fourth-order valence-corrected chi connectivity index (χ4v) is 3.11. The molecule has 0 saturated carbocycles. The summed E-state index contributed by atoms with van der Waals surface area (Å²) < 4.78 is 16.2. The van der Waals surface area contributed by atoms with Gasteiger partial charge in [0.05, 0.1) is 18.4 Å². The topological polar surface area (TPSA) is 81.0 Å². The third-order valence-corrected chi connectivity index (χ3v) is 4.59. The van der Waals surface area contributed by atoms with E-state index in [1.165, 1.54) is 12.5 Å². The van der Waals surface area contributed by atoms with E-state index in [4.69, 9.17) is 13.9 Å². The first-order valence-corrected chi connectivity index (χ1v) is 9.63. The Hall–Kier alpha value is -2.96. The molecule has 7 nitrogen and oxygen atoms in total. The number of carbonyl (C=O) groups is 2. The molecule has 7 heteroatoms. The molecule has 0 radical (unpaired) electrons. The molecule has 150 valence electrons. The van der Waals surface area contributed by atoms with Gasteiger partial charge < -0.3 is 24.1 Å². The summed E-state index contributed by atoms with van der Waals surface area (Å²) in [6.45, 7) is 3.77. The standard InChI is InChI=1S/C21H26N2O5/c1-2-12-27-18-5-3-4-6-19(18)28-15-20(24)22-17-7-10-23(11-8-17)21(25)16-9-13-26-14-16/h3-6,9,13-14,17H,2,7-8,10-12,15H2,1H3,(H,22,24). The minimum Gasteiger partial charge on any atom is -0.490 e. The minimum atomic E-state index is -0.176. The molecular weight excluding hydrogens is 360 g/mol. The Bertz CT molecular complexity index is 767. The molecule has 2 aromatic rings.